The molecule has 2 amide bonds. The molecule has 124 valence electrons. The van der Waals surface area contributed by atoms with Gasteiger partial charge in [-0.3, -0.25) is 14.0 Å². The van der Waals surface area contributed by atoms with E-state index in [0.29, 0.717) is 12.1 Å². The molecule has 2 rings (SSSR count). The van der Waals surface area contributed by atoms with Crippen molar-refractivity contribution in [2.45, 2.75) is 46.1 Å². The Morgan fingerprint density at radius 2 is 1.96 bits per heavy atom. The van der Waals surface area contributed by atoms with Crippen LogP contribution in [0.3, 0.4) is 0 Å². The van der Waals surface area contributed by atoms with Crippen molar-refractivity contribution in [3.05, 3.63) is 35.9 Å². The second-order valence-corrected chi connectivity index (χ2v) is 6.55. The van der Waals surface area contributed by atoms with Crippen LogP contribution < -0.4 is 10.6 Å². The summed E-state index contributed by atoms with van der Waals surface area (Å²) in [4.78, 5) is 29.1. The van der Waals surface area contributed by atoms with Crippen LogP contribution in [0.5, 0.6) is 0 Å². The SMILES string of the molecule is CCCCNC(=O)c1nc(C(=O)NC(C)(C)C)c2ccccn12. The molecule has 0 fully saturated rings. The second kappa shape index (κ2) is 6.81. The third-order valence-electron chi connectivity index (χ3n) is 3.27. The molecule has 0 aliphatic carbocycles. The molecule has 2 aromatic rings. The summed E-state index contributed by atoms with van der Waals surface area (Å²) in [5.74, 6) is -0.320. The first-order chi connectivity index (χ1) is 10.8. The van der Waals surface area contributed by atoms with Gasteiger partial charge in [0.05, 0.1) is 5.52 Å². The average molecular weight is 316 g/mol. The Bertz CT molecular complexity index is 713. The van der Waals surface area contributed by atoms with E-state index in [1.807, 2.05) is 32.9 Å². The number of fused-ring (bicyclic) bond motifs is 1. The predicted molar refractivity (Wildman–Crippen MR) is 89.7 cm³/mol. The van der Waals surface area contributed by atoms with E-state index in [4.69, 9.17) is 0 Å². The van der Waals surface area contributed by atoms with Crippen molar-refractivity contribution >= 4 is 17.3 Å². The zero-order valence-electron chi connectivity index (χ0n) is 14.1. The Balaban J connectivity index is 2.36. The maximum Gasteiger partial charge on any atom is 0.287 e. The van der Waals surface area contributed by atoms with Crippen molar-refractivity contribution in [3.8, 4) is 0 Å². The molecule has 23 heavy (non-hydrogen) atoms. The fourth-order valence-corrected chi connectivity index (χ4v) is 2.22. The molecule has 0 saturated carbocycles. The minimum Gasteiger partial charge on any atom is -0.349 e. The van der Waals surface area contributed by atoms with Crippen LogP contribution in [0.4, 0.5) is 0 Å². The summed E-state index contributed by atoms with van der Waals surface area (Å²) in [7, 11) is 0. The topological polar surface area (TPSA) is 75.5 Å². The maximum absolute atomic E-state index is 12.5. The molecule has 2 aromatic heterocycles. The Morgan fingerprint density at radius 3 is 2.61 bits per heavy atom. The van der Waals surface area contributed by atoms with Gasteiger partial charge in [-0.05, 0) is 39.3 Å². The molecule has 2 heterocycles. The van der Waals surface area contributed by atoms with Gasteiger partial charge >= 0.3 is 0 Å². The number of nitrogens with zero attached hydrogens (tertiary/aromatic N) is 2. The van der Waals surface area contributed by atoms with Crippen LogP contribution in [-0.2, 0) is 0 Å². The number of carbonyl (C=O) groups is 2. The normalized spacial score (nSPS) is 11.5. The highest BCUT2D eigenvalue weighted by Crippen LogP contribution is 2.14. The lowest BCUT2D eigenvalue weighted by Crippen LogP contribution is -2.40. The monoisotopic (exact) mass is 316 g/mol. The van der Waals surface area contributed by atoms with Gasteiger partial charge in [-0.15, -0.1) is 0 Å². The number of imidazole rings is 1. The van der Waals surface area contributed by atoms with Crippen molar-refractivity contribution < 1.29 is 9.59 Å². The van der Waals surface area contributed by atoms with Crippen LogP contribution in [0.2, 0.25) is 0 Å². The van der Waals surface area contributed by atoms with Crippen LogP contribution in [-0.4, -0.2) is 33.3 Å². The van der Waals surface area contributed by atoms with Crippen molar-refractivity contribution in [2.24, 2.45) is 0 Å². The number of hydrogen-bond donors (Lipinski definition) is 2. The molecule has 0 atom stereocenters. The van der Waals surface area contributed by atoms with E-state index >= 15 is 0 Å². The number of pyridine rings is 1. The molecule has 0 aromatic carbocycles. The van der Waals surface area contributed by atoms with E-state index in [-0.39, 0.29) is 28.9 Å². The van der Waals surface area contributed by atoms with Crippen molar-refractivity contribution in [1.29, 1.82) is 0 Å². The summed E-state index contributed by atoms with van der Waals surface area (Å²) in [6.45, 7) is 8.37. The molecule has 0 aliphatic rings. The molecule has 6 nitrogen and oxygen atoms in total. The number of aromatic nitrogens is 2. The Morgan fingerprint density at radius 1 is 1.22 bits per heavy atom. The molecule has 6 heteroatoms. The van der Waals surface area contributed by atoms with Crippen molar-refractivity contribution in [3.63, 3.8) is 0 Å². The van der Waals surface area contributed by atoms with Gasteiger partial charge in [0.25, 0.3) is 11.8 Å². The number of rotatable bonds is 5. The van der Waals surface area contributed by atoms with Crippen LogP contribution in [0, 0.1) is 0 Å². The van der Waals surface area contributed by atoms with E-state index in [2.05, 4.69) is 22.5 Å². The van der Waals surface area contributed by atoms with E-state index < -0.39 is 0 Å². The van der Waals surface area contributed by atoms with Gasteiger partial charge in [0.15, 0.2) is 5.69 Å². The lowest BCUT2D eigenvalue weighted by Gasteiger charge is -2.19. The predicted octanol–water partition coefficient (Wildman–Crippen LogP) is 2.39. The molecule has 0 radical (unpaired) electrons. The van der Waals surface area contributed by atoms with Crippen LogP contribution in [0.1, 0.15) is 61.6 Å². The number of unbranched alkanes of at least 4 members (excludes halogenated alkanes) is 1. The van der Waals surface area contributed by atoms with Gasteiger partial charge in [-0.1, -0.05) is 19.4 Å². The van der Waals surface area contributed by atoms with Crippen LogP contribution in [0.15, 0.2) is 24.4 Å². The van der Waals surface area contributed by atoms with Gasteiger partial charge in [0.1, 0.15) is 0 Å². The summed E-state index contributed by atoms with van der Waals surface area (Å²) >= 11 is 0. The zero-order chi connectivity index (χ0) is 17.0. The Kier molecular flexibility index (Phi) is 5.03. The molecule has 0 spiro atoms. The van der Waals surface area contributed by atoms with Gasteiger partial charge < -0.3 is 10.6 Å². The maximum atomic E-state index is 12.5. The summed E-state index contributed by atoms with van der Waals surface area (Å²) in [5, 5.41) is 5.72. The van der Waals surface area contributed by atoms with Gasteiger partial charge in [-0.25, -0.2) is 4.98 Å². The van der Waals surface area contributed by atoms with E-state index in [0.717, 1.165) is 12.8 Å². The first-order valence-corrected chi connectivity index (χ1v) is 7.91. The smallest absolute Gasteiger partial charge is 0.287 e. The third kappa shape index (κ3) is 4.09. The van der Waals surface area contributed by atoms with E-state index in [1.165, 1.54) is 0 Å². The second-order valence-electron chi connectivity index (χ2n) is 6.55. The minimum atomic E-state index is -0.370. The minimum absolute atomic E-state index is 0.232. The number of amides is 2. The lowest BCUT2D eigenvalue weighted by atomic mass is 10.1. The standard InChI is InChI=1S/C17H24N4O2/c1-5-6-10-18-16(23)14-19-13(15(22)20-17(2,3)4)12-9-7-8-11-21(12)14/h7-9,11H,5-6,10H2,1-4H3,(H,18,23)(H,20,22). The fourth-order valence-electron chi connectivity index (χ4n) is 2.22. The Labute approximate surface area is 136 Å². The summed E-state index contributed by atoms with van der Waals surface area (Å²) in [5.41, 5.74) is 0.516. The first kappa shape index (κ1) is 17.0. The number of nitrogens with one attached hydrogen (secondary N) is 2. The van der Waals surface area contributed by atoms with Gasteiger partial charge in [-0.2, -0.15) is 0 Å². The molecule has 0 saturated heterocycles. The molecular weight excluding hydrogens is 292 g/mol. The molecule has 0 aliphatic heterocycles. The Hall–Kier alpha value is -2.37. The highest BCUT2D eigenvalue weighted by Gasteiger charge is 2.23. The summed E-state index contributed by atoms with van der Waals surface area (Å²) in [6, 6.07) is 5.42. The highest BCUT2D eigenvalue weighted by molar-refractivity contribution is 6.02. The van der Waals surface area contributed by atoms with Crippen LogP contribution >= 0.6 is 0 Å². The lowest BCUT2D eigenvalue weighted by molar-refractivity contribution is 0.0916. The van der Waals surface area contributed by atoms with Gasteiger partial charge in [0.2, 0.25) is 5.82 Å². The highest BCUT2D eigenvalue weighted by atomic mass is 16.2. The first-order valence-electron chi connectivity index (χ1n) is 7.91. The van der Waals surface area contributed by atoms with Crippen molar-refractivity contribution in [1.82, 2.24) is 20.0 Å². The van der Waals surface area contributed by atoms with Crippen LogP contribution in [0.25, 0.3) is 5.52 Å². The number of carbonyl (C=O) groups excluding carboxylic acids is 2. The summed E-state index contributed by atoms with van der Waals surface area (Å²) in [6.07, 6.45) is 3.65. The van der Waals surface area contributed by atoms with E-state index in [9.17, 15) is 9.59 Å². The molecule has 2 N–H and O–H groups in total. The van der Waals surface area contributed by atoms with Gasteiger partial charge in [0, 0.05) is 18.3 Å². The fraction of sp³-hybridized carbons (Fsp3) is 0.471. The van der Waals surface area contributed by atoms with Crippen molar-refractivity contribution in [2.75, 3.05) is 6.54 Å². The zero-order valence-corrected chi connectivity index (χ0v) is 14.1. The largest absolute Gasteiger partial charge is 0.349 e. The quantitative estimate of drug-likeness (QED) is 0.832. The average Bonchev–Trinajstić information content (AvgIpc) is 2.85. The summed E-state index contributed by atoms with van der Waals surface area (Å²) < 4.78 is 1.65. The number of hydrogen-bond acceptors (Lipinski definition) is 3. The molecular formula is C17H24N4O2. The van der Waals surface area contributed by atoms with E-state index in [1.54, 1.807) is 16.7 Å². The molecule has 0 bridgehead atoms. The molecule has 0 unspecified atom stereocenters. The third-order valence-corrected chi connectivity index (χ3v) is 3.27.